The highest BCUT2D eigenvalue weighted by atomic mass is 35.5. The van der Waals surface area contributed by atoms with Crippen LogP contribution in [0, 0.1) is 6.57 Å². The van der Waals surface area contributed by atoms with Gasteiger partial charge in [0.1, 0.15) is 0 Å². The van der Waals surface area contributed by atoms with Crippen LogP contribution in [0.2, 0.25) is 5.02 Å². The first-order valence-corrected chi connectivity index (χ1v) is 3.49. The zero-order valence-corrected chi connectivity index (χ0v) is 6.60. The van der Waals surface area contributed by atoms with Crippen molar-refractivity contribution in [2.75, 3.05) is 5.73 Å². The molecule has 0 spiro atoms. The molecule has 0 radical (unpaired) electrons. The molecule has 0 aliphatic heterocycles. The summed E-state index contributed by atoms with van der Waals surface area (Å²) in [7, 11) is 0. The quantitative estimate of drug-likeness (QED) is 0.504. The van der Waals surface area contributed by atoms with E-state index in [9.17, 15) is 0 Å². The van der Waals surface area contributed by atoms with E-state index in [2.05, 4.69) is 4.85 Å². The Hall–Kier alpha value is -1.20. The van der Waals surface area contributed by atoms with E-state index in [1.165, 1.54) is 0 Å². The van der Waals surface area contributed by atoms with E-state index in [-0.39, 0.29) is 0 Å². The Kier molecular flexibility index (Phi) is 2.35. The van der Waals surface area contributed by atoms with Gasteiger partial charge in [-0.15, -0.1) is 0 Å². The van der Waals surface area contributed by atoms with Crippen molar-refractivity contribution >= 4 is 17.3 Å². The molecule has 0 saturated carbocycles. The Morgan fingerprint density at radius 3 is 2.82 bits per heavy atom. The van der Waals surface area contributed by atoms with Crippen LogP contribution in [0.1, 0.15) is 5.56 Å². The number of benzene rings is 1. The van der Waals surface area contributed by atoms with E-state index in [0.717, 1.165) is 5.56 Å². The molecule has 0 saturated heterocycles. The van der Waals surface area contributed by atoms with Crippen molar-refractivity contribution in [1.29, 1.82) is 0 Å². The second kappa shape index (κ2) is 3.27. The number of nitrogens with zero attached hydrogens (tertiary/aromatic N) is 1. The summed E-state index contributed by atoms with van der Waals surface area (Å²) in [4.78, 5) is 3.22. The second-order valence-corrected chi connectivity index (χ2v) is 2.57. The Balaban J connectivity index is 3.01. The van der Waals surface area contributed by atoms with Gasteiger partial charge in [-0.25, -0.2) is 6.57 Å². The fourth-order valence-electron chi connectivity index (χ4n) is 0.777. The summed E-state index contributed by atoms with van der Waals surface area (Å²) < 4.78 is 0. The van der Waals surface area contributed by atoms with E-state index in [1.54, 1.807) is 18.2 Å². The molecular weight excluding hydrogens is 160 g/mol. The number of hydrogen-bond donors (Lipinski definition) is 1. The summed E-state index contributed by atoms with van der Waals surface area (Å²) in [5, 5.41) is 0.570. The lowest BCUT2D eigenvalue weighted by Gasteiger charge is -1.97. The highest BCUT2D eigenvalue weighted by molar-refractivity contribution is 6.31. The molecule has 0 fully saturated rings. The van der Waals surface area contributed by atoms with Crippen LogP contribution in [-0.2, 0) is 6.54 Å². The molecule has 1 rings (SSSR count). The van der Waals surface area contributed by atoms with Gasteiger partial charge in [-0.3, -0.25) is 0 Å². The van der Waals surface area contributed by atoms with Crippen molar-refractivity contribution in [2.24, 2.45) is 0 Å². The van der Waals surface area contributed by atoms with Crippen molar-refractivity contribution in [2.45, 2.75) is 6.54 Å². The summed E-state index contributed by atoms with van der Waals surface area (Å²) in [6.45, 7) is 6.94. The minimum Gasteiger partial charge on any atom is -0.399 e. The fraction of sp³-hybridized carbons (Fsp3) is 0.125. The van der Waals surface area contributed by atoms with Crippen molar-refractivity contribution in [3.05, 3.63) is 40.2 Å². The van der Waals surface area contributed by atoms with Crippen molar-refractivity contribution in [3.8, 4) is 0 Å². The average Bonchev–Trinajstić information content (AvgIpc) is 1.95. The van der Waals surface area contributed by atoms with Gasteiger partial charge < -0.3 is 10.6 Å². The molecule has 11 heavy (non-hydrogen) atoms. The second-order valence-electron chi connectivity index (χ2n) is 2.17. The van der Waals surface area contributed by atoms with Gasteiger partial charge >= 0.3 is 0 Å². The number of nitrogen functional groups attached to an aromatic ring is 1. The van der Waals surface area contributed by atoms with Gasteiger partial charge in [0.2, 0.25) is 6.54 Å². The van der Waals surface area contributed by atoms with Gasteiger partial charge in [0.15, 0.2) is 0 Å². The molecule has 1 aromatic rings. The zero-order chi connectivity index (χ0) is 8.27. The number of rotatable bonds is 1. The number of hydrogen-bond acceptors (Lipinski definition) is 1. The Morgan fingerprint density at radius 1 is 1.55 bits per heavy atom. The molecule has 0 aliphatic rings. The average molecular weight is 167 g/mol. The maximum absolute atomic E-state index is 6.63. The summed E-state index contributed by atoms with van der Waals surface area (Å²) in [5.41, 5.74) is 6.92. The summed E-state index contributed by atoms with van der Waals surface area (Å²) in [5.74, 6) is 0. The highest BCUT2D eigenvalue weighted by Crippen LogP contribution is 2.19. The predicted octanol–water partition coefficient (Wildman–Crippen LogP) is 2.34. The van der Waals surface area contributed by atoms with Crippen LogP contribution >= 0.6 is 11.6 Å². The predicted molar refractivity (Wildman–Crippen MR) is 46.2 cm³/mol. The lowest BCUT2D eigenvalue weighted by atomic mass is 10.2. The molecule has 0 amide bonds. The molecule has 0 bridgehead atoms. The highest BCUT2D eigenvalue weighted by Gasteiger charge is 2.01. The molecule has 0 aromatic heterocycles. The van der Waals surface area contributed by atoms with Crippen LogP contribution in [0.15, 0.2) is 18.2 Å². The first kappa shape index (κ1) is 7.90. The molecule has 0 atom stereocenters. The number of anilines is 1. The van der Waals surface area contributed by atoms with E-state index >= 15 is 0 Å². The minimum absolute atomic E-state index is 0.319. The van der Waals surface area contributed by atoms with Gasteiger partial charge in [0.05, 0.1) is 5.02 Å². The van der Waals surface area contributed by atoms with Gasteiger partial charge in [0.25, 0.3) is 0 Å². The molecule has 56 valence electrons. The van der Waals surface area contributed by atoms with E-state index < -0.39 is 0 Å². The van der Waals surface area contributed by atoms with Gasteiger partial charge in [-0.2, -0.15) is 0 Å². The van der Waals surface area contributed by atoms with E-state index in [0.29, 0.717) is 17.3 Å². The fourth-order valence-corrected chi connectivity index (χ4v) is 1.03. The number of nitrogens with two attached hydrogens (primary N) is 1. The normalized spacial score (nSPS) is 9.09. The topological polar surface area (TPSA) is 30.4 Å². The van der Waals surface area contributed by atoms with Crippen molar-refractivity contribution in [3.63, 3.8) is 0 Å². The smallest absolute Gasteiger partial charge is 0.241 e. The van der Waals surface area contributed by atoms with Crippen LogP contribution < -0.4 is 5.73 Å². The SMILES string of the molecule is [C-]#[N+]Cc1ccc(N)cc1Cl. The van der Waals surface area contributed by atoms with Crippen LogP contribution in [0.3, 0.4) is 0 Å². The third-order valence-electron chi connectivity index (χ3n) is 1.33. The molecule has 0 heterocycles. The van der Waals surface area contributed by atoms with Crippen molar-refractivity contribution in [1.82, 2.24) is 0 Å². The largest absolute Gasteiger partial charge is 0.399 e. The summed E-state index contributed by atoms with van der Waals surface area (Å²) >= 11 is 5.78. The molecule has 2 N–H and O–H groups in total. The van der Waals surface area contributed by atoms with Crippen LogP contribution in [0.4, 0.5) is 5.69 Å². The van der Waals surface area contributed by atoms with E-state index in [1.807, 2.05) is 0 Å². The Bertz CT molecular complexity index is 301. The Labute approximate surface area is 70.4 Å². The van der Waals surface area contributed by atoms with Crippen LogP contribution in [0.5, 0.6) is 0 Å². The van der Waals surface area contributed by atoms with E-state index in [4.69, 9.17) is 23.9 Å². The van der Waals surface area contributed by atoms with Gasteiger partial charge in [-0.1, -0.05) is 11.6 Å². The molecule has 1 aromatic carbocycles. The zero-order valence-electron chi connectivity index (χ0n) is 5.84. The summed E-state index contributed by atoms with van der Waals surface area (Å²) in [6, 6.07) is 5.17. The van der Waals surface area contributed by atoms with Gasteiger partial charge in [-0.05, 0) is 18.2 Å². The Morgan fingerprint density at radius 2 is 2.27 bits per heavy atom. The lowest BCUT2D eigenvalue weighted by molar-refractivity contribution is 1.27. The van der Waals surface area contributed by atoms with Gasteiger partial charge in [0, 0.05) is 11.3 Å². The first-order valence-electron chi connectivity index (χ1n) is 3.11. The number of halogens is 1. The molecule has 2 nitrogen and oxygen atoms in total. The monoisotopic (exact) mass is 166 g/mol. The third-order valence-corrected chi connectivity index (χ3v) is 1.68. The molecule has 0 aliphatic carbocycles. The maximum Gasteiger partial charge on any atom is 0.241 e. The lowest BCUT2D eigenvalue weighted by Crippen LogP contribution is -1.87. The third kappa shape index (κ3) is 1.86. The molecule has 3 heteroatoms. The molecule has 0 unspecified atom stereocenters. The minimum atomic E-state index is 0.319. The first-order chi connectivity index (χ1) is 5.24. The molecular formula is C8H7ClN2. The maximum atomic E-state index is 6.63. The van der Waals surface area contributed by atoms with Crippen molar-refractivity contribution < 1.29 is 0 Å². The summed E-state index contributed by atoms with van der Waals surface area (Å²) in [6.07, 6.45) is 0. The standard InChI is InChI=1S/C8H7ClN2/c1-11-5-6-2-3-7(10)4-8(6)9/h2-4H,5,10H2. The van der Waals surface area contributed by atoms with Crippen LogP contribution in [-0.4, -0.2) is 0 Å². The van der Waals surface area contributed by atoms with Crippen LogP contribution in [0.25, 0.3) is 4.85 Å².